The second-order valence-electron chi connectivity index (χ2n) is 6.10. The van der Waals surface area contributed by atoms with Crippen LogP contribution in [0.5, 0.6) is 17.2 Å². The van der Waals surface area contributed by atoms with Gasteiger partial charge in [0.05, 0.1) is 5.39 Å². The number of hydrogen-bond donors (Lipinski definition) is 2. The molecule has 12 heteroatoms. The molecule has 0 aliphatic carbocycles. The molecule has 2 heterocycles. The van der Waals surface area contributed by atoms with Gasteiger partial charge in [-0.1, -0.05) is 17.3 Å². The Morgan fingerprint density at radius 1 is 1.20 bits per heavy atom. The average molecular weight is 441 g/mol. The summed E-state index contributed by atoms with van der Waals surface area (Å²) in [7, 11) is 0. The van der Waals surface area contributed by atoms with E-state index >= 15 is 0 Å². The topological polar surface area (TPSA) is 94.9 Å². The van der Waals surface area contributed by atoms with Crippen molar-refractivity contribution in [3.05, 3.63) is 42.0 Å². The molecule has 0 saturated heterocycles. The number of aromatic nitrogens is 1. The van der Waals surface area contributed by atoms with E-state index in [-0.39, 0.29) is 35.1 Å². The van der Waals surface area contributed by atoms with Gasteiger partial charge in [0, 0.05) is 18.5 Å². The largest absolute Gasteiger partial charge is 0.483 e. The molecule has 0 unspecified atom stereocenters. The Balaban J connectivity index is 1.36. The van der Waals surface area contributed by atoms with Gasteiger partial charge in [0.2, 0.25) is 6.79 Å². The Morgan fingerprint density at radius 2 is 2.03 bits per heavy atom. The van der Waals surface area contributed by atoms with Crippen molar-refractivity contribution < 1.29 is 36.7 Å². The average Bonchev–Trinajstić information content (AvgIpc) is 3.35. The first-order valence-corrected chi connectivity index (χ1v) is 9.38. The molecular formula is C18H14F3N3O5S. The molecule has 2 amide bonds. The molecule has 0 fully saturated rings. The Bertz CT molecular complexity index is 1070. The number of carbonyl (C=O) groups is 1. The van der Waals surface area contributed by atoms with Crippen molar-refractivity contribution in [2.24, 2.45) is 0 Å². The van der Waals surface area contributed by atoms with Crippen molar-refractivity contribution in [3.63, 3.8) is 0 Å². The maximum Gasteiger partial charge on any atom is 0.422 e. The zero-order valence-electron chi connectivity index (χ0n) is 15.1. The highest BCUT2D eigenvalue weighted by molar-refractivity contribution is 7.98. The smallest absolute Gasteiger partial charge is 0.422 e. The van der Waals surface area contributed by atoms with E-state index in [2.05, 4.69) is 15.2 Å². The molecule has 1 aromatic heterocycles. The van der Waals surface area contributed by atoms with Crippen LogP contribution in [-0.2, 0) is 6.54 Å². The highest BCUT2D eigenvalue weighted by Crippen LogP contribution is 2.34. The molecule has 2 aromatic carbocycles. The van der Waals surface area contributed by atoms with Crippen LogP contribution >= 0.6 is 11.9 Å². The molecule has 1 aliphatic rings. The number of rotatable bonds is 6. The fourth-order valence-electron chi connectivity index (χ4n) is 2.65. The fourth-order valence-corrected chi connectivity index (χ4v) is 3.29. The molecule has 0 spiro atoms. The number of carbonyl (C=O) groups excluding carboxylic acids is 1. The lowest BCUT2D eigenvalue weighted by Crippen LogP contribution is -2.30. The number of fused-ring (bicyclic) bond motifs is 2. The third-order valence-electron chi connectivity index (χ3n) is 3.95. The second-order valence-corrected chi connectivity index (χ2v) is 6.89. The van der Waals surface area contributed by atoms with Crippen LogP contribution in [0.1, 0.15) is 5.56 Å². The van der Waals surface area contributed by atoms with Crippen LogP contribution in [0, 0.1) is 0 Å². The van der Waals surface area contributed by atoms with Crippen molar-refractivity contribution in [3.8, 4) is 17.2 Å². The highest BCUT2D eigenvalue weighted by Gasteiger charge is 2.29. The summed E-state index contributed by atoms with van der Waals surface area (Å²) in [5.74, 6) is 1.20. The third kappa shape index (κ3) is 4.64. The molecule has 3 aromatic rings. The van der Waals surface area contributed by atoms with E-state index in [0.29, 0.717) is 11.5 Å². The van der Waals surface area contributed by atoms with Crippen LogP contribution in [0.15, 0.2) is 45.9 Å². The summed E-state index contributed by atoms with van der Waals surface area (Å²) in [6.07, 6.45) is -4.49. The van der Waals surface area contributed by atoms with Crippen LogP contribution in [0.25, 0.3) is 11.0 Å². The monoisotopic (exact) mass is 441 g/mol. The fraction of sp³-hybridized carbons (Fsp3) is 0.222. The molecular weight excluding hydrogens is 427 g/mol. The van der Waals surface area contributed by atoms with Crippen molar-refractivity contribution >= 4 is 28.9 Å². The van der Waals surface area contributed by atoms with Gasteiger partial charge in [-0.15, -0.1) is 0 Å². The van der Waals surface area contributed by atoms with Gasteiger partial charge in [-0.2, -0.15) is 13.2 Å². The minimum Gasteiger partial charge on any atom is -0.483 e. The summed E-state index contributed by atoms with van der Waals surface area (Å²) in [4.78, 5) is 12.1. The van der Waals surface area contributed by atoms with Crippen LogP contribution in [0.2, 0.25) is 0 Å². The molecule has 4 rings (SSSR count). The lowest BCUT2D eigenvalue weighted by Gasteiger charge is -2.10. The summed E-state index contributed by atoms with van der Waals surface area (Å²) >= 11 is 0.795. The van der Waals surface area contributed by atoms with Crippen LogP contribution in [0.4, 0.5) is 18.0 Å². The Morgan fingerprint density at radius 3 is 2.87 bits per heavy atom. The lowest BCUT2D eigenvalue weighted by atomic mass is 10.2. The number of urea groups is 1. The third-order valence-corrected chi connectivity index (χ3v) is 4.71. The van der Waals surface area contributed by atoms with E-state index in [9.17, 15) is 18.0 Å². The molecule has 0 bridgehead atoms. The zero-order valence-corrected chi connectivity index (χ0v) is 15.9. The van der Waals surface area contributed by atoms with Gasteiger partial charge < -0.3 is 24.1 Å². The van der Waals surface area contributed by atoms with Crippen LogP contribution in [0.3, 0.4) is 0 Å². The van der Waals surface area contributed by atoms with E-state index in [4.69, 9.17) is 18.7 Å². The molecule has 8 nitrogen and oxygen atoms in total. The number of ether oxygens (including phenoxy) is 3. The summed E-state index contributed by atoms with van der Waals surface area (Å²) in [6.45, 7) is -1.07. The van der Waals surface area contributed by atoms with Gasteiger partial charge in [0.25, 0.3) is 0 Å². The standard InChI is InChI=1S/C18H14F3N3O5S/c19-18(20,21)8-26-12-2-1-3-13-15(12)16(23-29-13)30-24-17(25)22-7-10-4-5-11-14(6-10)28-9-27-11/h1-6H,7-9H2,(H2,22,24,25). The van der Waals surface area contributed by atoms with Crippen molar-refractivity contribution in [1.29, 1.82) is 0 Å². The first-order chi connectivity index (χ1) is 14.4. The van der Waals surface area contributed by atoms with Gasteiger partial charge in [-0.25, -0.2) is 4.79 Å². The van der Waals surface area contributed by atoms with Crippen molar-refractivity contribution in [2.75, 3.05) is 13.4 Å². The maximum absolute atomic E-state index is 12.5. The molecule has 1 aliphatic heterocycles. The summed E-state index contributed by atoms with van der Waals surface area (Å²) < 4.78 is 60.4. The number of hydrogen-bond acceptors (Lipinski definition) is 7. The van der Waals surface area contributed by atoms with Gasteiger partial charge in [-0.3, -0.25) is 4.72 Å². The van der Waals surface area contributed by atoms with E-state index in [1.807, 2.05) is 0 Å². The van der Waals surface area contributed by atoms with Crippen molar-refractivity contribution in [2.45, 2.75) is 17.7 Å². The predicted octanol–water partition coefficient (Wildman–Crippen LogP) is 4.00. The number of nitrogens with one attached hydrogen (secondary N) is 2. The second kappa shape index (κ2) is 8.22. The van der Waals surface area contributed by atoms with Gasteiger partial charge in [0.15, 0.2) is 28.7 Å². The SMILES string of the molecule is O=C(NCc1ccc2c(c1)OCO2)NSc1noc2cccc(OCC(F)(F)F)c12. The van der Waals surface area contributed by atoms with Gasteiger partial charge >= 0.3 is 12.2 Å². The van der Waals surface area contributed by atoms with Crippen molar-refractivity contribution in [1.82, 2.24) is 15.2 Å². The number of nitrogens with zero attached hydrogens (tertiary/aromatic N) is 1. The minimum atomic E-state index is -4.49. The Kier molecular flexibility index (Phi) is 5.48. The zero-order chi connectivity index (χ0) is 21.1. The quantitative estimate of drug-likeness (QED) is 0.559. The molecule has 2 N–H and O–H groups in total. The number of amides is 2. The summed E-state index contributed by atoms with van der Waals surface area (Å²) in [6, 6.07) is 9.15. The van der Waals surface area contributed by atoms with E-state index in [1.54, 1.807) is 18.2 Å². The lowest BCUT2D eigenvalue weighted by molar-refractivity contribution is -0.153. The van der Waals surface area contributed by atoms with E-state index in [1.165, 1.54) is 18.2 Å². The number of alkyl halides is 3. The molecule has 0 radical (unpaired) electrons. The molecule has 0 saturated carbocycles. The molecule has 0 atom stereocenters. The predicted molar refractivity (Wildman–Crippen MR) is 99.4 cm³/mol. The summed E-state index contributed by atoms with van der Waals surface area (Å²) in [5, 5.41) is 6.84. The van der Waals surface area contributed by atoms with Crippen LogP contribution < -0.4 is 24.2 Å². The normalized spacial score (nSPS) is 12.8. The molecule has 30 heavy (non-hydrogen) atoms. The summed E-state index contributed by atoms with van der Waals surface area (Å²) in [5.41, 5.74) is 1.04. The first kappa shape index (κ1) is 20.0. The van der Waals surface area contributed by atoms with Gasteiger partial charge in [0.1, 0.15) is 5.75 Å². The maximum atomic E-state index is 12.5. The van der Waals surface area contributed by atoms with E-state index in [0.717, 1.165) is 17.5 Å². The first-order valence-electron chi connectivity index (χ1n) is 8.56. The minimum absolute atomic E-state index is 0.0452. The van der Waals surface area contributed by atoms with E-state index < -0.39 is 18.8 Å². The Hall–Kier alpha value is -3.28. The Labute approximate surface area is 171 Å². The molecule has 158 valence electrons. The number of benzene rings is 2. The van der Waals surface area contributed by atoms with Gasteiger partial charge in [-0.05, 0) is 29.8 Å². The highest BCUT2D eigenvalue weighted by atomic mass is 32.2. The number of halogens is 3. The van der Waals surface area contributed by atoms with Crippen LogP contribution in [-0.4, -0.2) is 30.8 Å².